The molecule has 0 radical (unpaired) electrons. The molecular formula is C15H16N2O. The Morgan fingerprint density at radius 1 is 1.17 bits per heavy atom. The molecule has 0 aliphatic heterocycles. The molecule has 0 spiro atoms. The molecule has 2 aromatic rings. The Bertz CT molecular complexity index is 550. The Hall–Kier alpha value is -2.29. The van der Waals surface area contributed by atoms with Crippen molar-refractivity contribution in [2.75, 3.05) is 0 Å². The van der Waals surface area contributed by atoms with Gasteiger partial charge in [-0.2, -0.15) is 0 Å². The van der Waals surface area contributed by atoms with Crippen molar-refractivity contribution in [1.29, 1.82) is 5.41 Å². The normalized spacial score (nSPS) is 10.1. The maximum absolute atomic E-state index is 7.42. The molecule has 0 aliphatic rings. The summed E-state index contributed by atoms with van der Waals surface area (Å²) in [6.45, 7) is 2.49. The monoisotopic (exact) mass is 240 g/mol. The number of nitrogens with two attached hydrogens (primary N) is 1. The lowest BCUT2D eigenvalue weighted by molar-refractivity contribution is 0.304. The standard InChI is InChI=1S/C15H16N2O/c1-11-7-8-13(15(16)17)9-14(11)18-10-12-5-3-2-4-6-12/h2-9H,10H2,1H3,(H3,16,17). The van der Waals surface area contributed by atoms with Crippen molar-refractivity contribution >= 4 is 5.84 Å². The smallest absolute Gasteiger partial charge is 0.123 e. The van der Waals surface area contributed by atoms with Crippen molar-refractivity contribution in [3.8, 4) is 5.75 Å². The van der Waals surface area contributed by atoms with E-state index >= 15 is 0 Å². The topological polar surface area (TPSA) is 59.1 Å². The van der Waals surface area contributed by atoms with Crippen LogP contribution in [0.3, 0.4) is 0 Å². The van der Waals surface area contributed by atoms with Gasteiger partial charge in [-0.3, -0.25) is 5.41 Å². The quantitative estimate of drug-likeness (QED) is 0.637. The van der Waals surface area contributed by atoms with Crippen molar-refractivity contribution in [2.45, 2.75) is 13.5 Å². The van der Waals surface area contributed by atoms with E-state index in [1.807, 2.05) is 49.4 Å². The minimum atomic E-state index is 0.0551. The van der Waals surface area contributed by atoms with Gasteiger partial charge in [0.1, 0.15) is 18.2 Å². The number of nitrogen functional groups attached to an aromatic ring is 1. The van der Waals surface area contributed by atoms with Crippen LogP contribution in [0.2, 0.25) is 0 Å². The Balaban J connectivity index is 2.14. The Morgan fingerprint density at radius 2 is 1.89 bits per heavy atom. The highest BCUT2D eigenvalue weighted by Gasteiger charge is 2.04. The second-order valence-corrected chi connectivity index (χ2v) is 4.17. The summed E-state index contributed by atoms with van der Waals surface area (Å²) in [6, 6.07) is 15.5. The molecule has 3 N–H and O–H groups in total. The Labute approximate surface area is 107 Å². The maximum atomic E-state index is 7.42. The van der Waals surface area contributed by atoms with Gasteiger partial charge < -0.3 is 10.5 Å². The molecule has 92 valence electrons. The minimum Gasteiger partial charge on any atom is -0.489 e. The van der Waals surface area contributed by atoms with Crippen LogP contribution < -0.4 is 10.5 Å². The number of hydrogen-bond donors (Lipinski definition) is 2. The summed E-state index contributed by atoms with van der Waals surface area (Å²) in [5.41, 5.74) is 8.31. The molecule has 0 aromatic heterocycles. The molecule has 2 rings (SSSR count). The highest BCUT2D eigenvalue weighted by atomic mass is 16.5. The molecule has 0 saturated heterocycles. The van der Waals surface area contributed by atoms with Crippen LogP contribution in [0.5, 0.6) is 5.75 Å². The maximum Gasteiger partial charge on any atom is 0.123 e. The molecule has 0 aliphatic carbocycles. The highest BCUT2D eigenvalue weighted by molar-refractivity contribution is 5.95. The van der Waals surface area contributed by atoms with Crippen LogP contribution in [-0.2, 0) is 6.61 Å². The third kappa shape index (κ3) is 2.88. The van der Waals surface area contributed by atoms with E-state index in [2.05, 4.69) is 0 Å². The fourth-order valence-corrected chi connectivity index (χ4v) is 1.66. The first-order chi connectivity index (χ1) is 8.66. The number of nitrogens with one attached hydrogen (secondary N) is 1. The number of rotatable bonds is 4. The SMILES string of the molecule is Cc1ccc(C(=N)N)cc1OCc1ccccc1. The van der Waals surface area contributed by atoms with Gasteiger partial charge >= 0.3 is 0 Å². The van der Waals surface area contributed by atoms with Gasteiger partial charge in [0.15, 0.2) is 0 Å². The summed E-state index contributed by atoms with van der Waals surface area (Å²) in [4.78, 5) is 0. The summed E-state index contributed by atoms with van der Waals surface area (Å²) < 4.78 is 5.76. The average Bonchev–Trinajstić information content (AvgIpc) is 2.38. The van der Waals surface area contributed by atoms with Crippen LogP contribution in [0.25, 0.3) is 0 Å². The van der Waals surface area contributed by atoms with Crippen molar-refractivity contribution in [3.05, 3.63) is 65.2 Å². The number of benzene rings is 2. The van der Waals surface area contributed by atoms with E-state index in [9.17, 15) is 0 Å². The fraction of sp³-hybridized carbons (Fsp3) is 0.133. The molecule has 0 atom stereocenters. The molecule has 0 unspecified atom stereocenters. The number of aryl methyl sites for hydroxylation is 1. The summed E-state index contributed by atoms with van der Waals surface area (Å²) in [5, 5.41) is 7.42. The van der Waals surface area contributed by atoms with E-state index in [1.165, 1.54) is 0 Å². The van der Waals surface area contributed by atoms with E-state index < -0.39 is 0 Å². The molecule has 0 heterocycles. The molecule has 3 heteroatoms. The number of ether oxygens (including phenoxy) is 1. The van der Waals surface area contributed by atoms with Crippen molar-refractivity contribution in [2.24, 2.45) is 5.73 Å². The van der Waals surface area contributed by atoms with Gasteiger partial charge in [-0.1, -0.05) is 42.5 Å². The zero-order valence-electron chi connectivity index (χ0n) is 10.3. The van der Waals surface area contributed by atoms with Crippen LogP contribution in [-0.4, -0.2) is 5.84 Å². The Morgan fingerprint density at radius 3 is 2.56 bits per heavy atom. The first-order valence-electron chi connectivity index (χ1n) is 5.78. The Kier molecular flexibility index (Phi) is 3.63. The van der Waals surface area contributed by atoms with Crippen LogP contribution in [0.15, 0.2) is 48.5 Å². The largest absolute Gasteiger partial charge is 0.489 e. The zero-order chi connectivity index (χ0) is 13.0. The van der Waals surface area contributed by atoms with Crippen LogP contribution in [0.4, 0.5) is 0 Å². The lowest BCUT2D eigenvalue weighted by atomic mass is 10.1. The van der Waals surface area contributed by atoms with Gasteiger partial charge in [0, 0.05) is 5.56 Å². The third-order valence-electron chi connectivity index (χ3n) is 2.74. The molecular weight excluding hydrogens is 224 g/mol. The van der Waals surface area contributed by atoms with Crippen molar-refractivity contribution in [1.82, 2.24) is 0 Å². The summed E-state index contributed by atoms with van der Waals surface area (Å²) in [6.07, 6.45) is 0. The van der Waals surface area contributed by atoms with Gasteiger partial charge in [-0.15, -0.1) is 0 Å². The second kappa shape index (κ2) is 5.36. The van der Waals surface area contributed by atoms with Gasteiger partial charge in [-0.05, 0) is 24.1 Å². The first kappa shape index (κ1) is 12.2. The lowest BCUT2D eigenvalue weighted by Gasteiger charge is -2.10. The van der Waals surface area contributed by atoms with Gasteiger partial charge in [0.25, 0.3) is 0 Å². The van der Waals surface area contributed by atoms with E-state index in [1.54, 1.807) is 6.07 Å². The van der Waals surface area contributed by atoms with E-state index in [0.717, 1.165) is 16.9 Å². The van der Waals surface area contributed by atoms with E-state index in [-0.39, 0.29) is 5.84 Å². The minimum absolute atomic E-state index is 0.0551. The zero-order valence-corrected chi connectivity index (χ0v) is 10.3. The van der Waals surface area contributed by atoms with E-state index in [4.69, 9.17) is 15.9 Å². The number of amidine groups is 1. The molecule has 0 amide bonds. The lowest BCUT2D eigenvalue weighted by Crippen LogP contribution is -2.11. The highest BCUT2D eigenvalue weighted by Crippen LogP contribution is 2.20. The molecule has 2 aromatic carbocycles. The molecule has 0 saturated carbocycles. The fourth-order valence-electron chi connectivity index (χ4n) is 1.66. The average molecular weight is 240 g/mol. The summed E-state index contributed by atoms with van der Waals surface area (Å²) >= 11 is 0. The summed E-state index contributed by atoms with van der Waals surface area (Å²) in [7, 11) is 0. The number of hydrogen-bond acceptors (Lipinski definition) is 2. The molecule has 3 nitrogen and oxygen atoms in total. The third-order valence-corrected chi connectivity index (χ3v) is 2.74. The van der Waals surface area contributed by atoms with Crippen molar-refractivity contribution in [3.63, 3.8) is 0 Å². The summed E-state index contributed by atoms with van der Waals surface area (Å²) in [5.74, 6) is 0.825. The van der Waals surface area contributed by atoms with E-state index in [0.29, 0.717) is 12.2 Å². The predicted molar refractivity (Wildman–Crippen MR) is 73.0 cm³/mol. The predicted octanol–water partition coefficient (Wildman–Crippen LogP) is 2.86. The van der Waals surface area contributed by atoms with Gasteiger partial charge in [-0.25, -0.2) is 0 Å². The van der Waals surface area contributed by atoms with Gasteiger partial charge in [0.05, 0.1) is 0 Å². The molecule has 0 bridgehead atoms. The van der Waals surface area contributed by atoms with Crippen molar-refractivity contribution < 1.29 is 4.74 Å². The van der Waals surface area contributed by atoms with Crippen LogP contribution >= 0.6 is 0 Å². The van der Waals surface area contributed by atoms with Crippen LogP contribution in [0, 0.1) is 12.3 Å². The second-order valence-electron chi connectivity index (χ2n) is 4.17. The molecule has 18 heavy (non-hydrogen) atoms. The molecule has 0 fully saturated rings. The van der Waals surface area contributed by atoms with Gasteiger partial charge in [0.2, 0.25) is 0 Å². The first-order valence-corrected chi connectivity index (χ1v) is 5.78. The van der Waals surface area contributed by atoms with Crippen LogP contribution in [0.1, 0.15) is 16.7 Å².